The fraction of sp³-hybridized carbons (Fsp3) is 0.471. The molecule has 0 heterocycles. The van der Waals surface area contributed by atoms with E-state index in [9.17, 15) is 14.4 Å². The molecule has 2 N–H and O–H groups in total. The maximum Gasteiger partial charge on any atom is 0.329 e. The summed E-state index contributed by atoms with van der Waals surface area (Å²) in [6.45, 7) is 3.75. The maximum absolute atomic E-state index is 12.3. The highest BCUT2D eigenvalue weighted by atomic mass is 32.2. The molecule has 0 saturated carbocycles. The zero-order chi connectivity index (χ0) is 17.9. The predicted molar refractivity (Wildman–Crippen MR) is 94.9 cm³/mol. The van der Waals surface area contributed by atoms with Crippen molar-refractivity contribution in [3.63, 3.8) is 0 Å². The molecule has 0 bridgehead atoms. The van der Waals surface area contributed by atoms with Gasteiger partial charge in [-0.25, -0.2) is 4.79 Å². The van der Waals surface area contributed by atoms with E-state index in [4.69, 9.17) is 4.74 Å². The molecule has 2 amide bonds. The number of hydrogen-bond donors (Lipinski definition) is 2. The highest BCUT2D eigenvalue weighted by molar-refractivity contribution is 7.98. The van der Waals surface area contributed by atoms with Gasteiger partial charge in [0, 0.05) is 12.1 Å². The summed E-state index contributed by atoms with van der Waals surface area (Å²) in [5, 5.41) is 5.28. The quantitative estimate of drug-likeness (QED) is 0.660. The van der Waals surface area contributed by atoms with E-state index in [1.165, 1.54) is 6.92 Å². The molecule has 0 radical (unpaired) electrons. The fourth-order valence-electron chi connectivity index (χ4n) is 1.94. The van der Waals surface area contributed by atoms with Gasteiger partial charge in [-0.1, -0.05) is 18.2 Å². The Hall–Kier alpha value is -2.02. The van der Waals surface area contributed by atoms with E-state index in [2.05, 4.69) is 10.6 Å². The zero-order valence-electron chi connectivity index (χ0n) is 14.2. The number of benzene rings is 1. The lowest BCUT2D eigenvalue weighted by atomic mass is 10.1. The van der Waals surface area contributed by atoms with Gasteiger partial charge in [0.15, 0.2) is 6.10 Å². The van der Waals surface area contributed by atoms with Gasteiger partial charge >= 0.3 is 5.97 Å². The van der Waals surface area contributed by atoms with Gasteiger partial charge in [0.05, 0.1) is 0 Å². The number of amides is 2. The third kappa shape index (κ3) is 6.62. The maximum atomic E-state index is 12.3. The van der Waals surface area contributed by atoms with Crippen molar-refractivity contribution in [2.24, 2.45) is 0 Å². The van der Waals surface area contributed by atoms with Crippen molar-refractivity contribution in [2.45, 2.75) is 32.4 Å². The van der Waals surface area contributed by atoms with Crippen LogP contribution in [0.1, 0.15) is 30.6 Å². The highest BCUT2D eigenvalue weighted by Crippen LogP contribution is 2.07. The summed E-state index contributed by atoms with van der Waals surface area (Å²) in [5.74, 6) is -0.620. The lowest BCUT2D eigenvalue weighted by Gasteiger charge is -2.20. The number of carbonyl (C=O) groups excluding carboxylic acids is 3. The van der Waals surface area contributed by atoms with Gasteiger partial charge in [-0.05, 0) is 44.4 Å². The topological polar surface area (TPSA) is 84.5 Å². The minimum atomic E-state index is -0.900. The standard InChI is InChI=1S/C17H24N2O4S/c1-4-18-15(20)12(2)23-17(22)14(10-11-24-3)19-16(21)13-8-6-5-7-9-13/h5-9,12,14H,4,10-11H2,1-3H3,(H,18,20)(H,19,21)/t12-,14-/m1/s1. The molecule has 0 aliphatic carbocycles. The molecule has 24 heavy (non-hydrogen) atoms. The lowest BCUT2D eigenvalue weighted by Crippen LogP contribution is -2.45. The Bertz CT molecular complexity index is 551. The number of carbonyl (C=O) groups is 3. The van der Waals surface area contributed by atoms with Crippen LogP contribution in [0.5, 0.6) is 0 Å². The van der Waals surface area contributed by atoms with Gasteiger partial charge in [0.2, 0.25) is 0 Å². The Morgan fingerprint density at radius 2 is 1.88 bits per heavy atom. The molecule has 6 nitrogen and oxygen atoms in total. The first kappa shape index (κ1) is 20.0. The molecule has 0 aliphatic heterocycles. The average Bonchev–Trinajstić information content (AvgIpc) is 2.59. The Morgan fingerprint density at radius 3 is 2.46 bits per heavy atom. The van der Waals surface area contributed by atoms with Crippen LogP contribution in [0.4, 0.5) is 0 Å². The molecule has 0 aromatic heterocycles. The largest absolute Gasteiger partial charge is 0.451 e. The smallest absolute Gasteiger partial charge is 0.329 e. The monoisotopic (exact) mass is 352 g/mol. The normalized spacial score (nSPS) is 12.8. The molecule has 0 aliphatic rings. The van der Waals surface area contributed by atoms with E-state index in [0.717, 1.165) is 0 Å². The van der Waals surface area contributed by atoms with E-state index in [-0.39, 0.29) is 11.8 Å². The second kappa shape index (κ2) is 10.7. The van der Waals surface area contributed by atoms with Crippen molar-refractivity contribution in [3.8, 4) is 0 Å². The van der Waals surface area contributed by atoms with Crippen molar-refractivity contribution in [2.75, 3.05) is 18.6 Å². The van der Waals surface area contributed by atoms with Crippen LogP contribution in [0.25, 0.3) is 0 Å². The van der Waals surface area contributed by atoms with Crippen LogP contribution in [0.3, 0.4) is 0 Å². The van der Waals surface area contributed by atoms with E-state index in [1.807, 2.05) is 12.3 Å². The molecule has 1 aromatic rings. The van der Waals surface area contributed by atoms with Crippen LogP contribution in [-0.2, 0) is 14.3 Å². The van der Waals surface area contributed by atoms with Crippen molar-refractivity contribution < 1.29 is 19.1 Å². The fourth-order valence-corrected chi connectivity index (χ4v) is 2.42. The predicted octanol–water partition coefficient (Wildman–Crippen LogP) is 1.61. The third-order valence-corrected chi connectivity index (χ3v) is 3.89. The summed E-state index contributed by atoms with van der Waals surface area (Å²) >= 11 is 1.57. The first-order chi connectivity index (χ1) is 11.5. The summed E-state index contributed by atoms with van der Waals surface area (Å²) in [7, 11) is 0. The number of nitrogens with one attached hydrogen (secondary N) is 2. The average molecular weight is 352 g/mol. The molecule has 7 heteroatoms. The van der Waals surface area contributed by atoms with Crippen LogP contribution in [0, 0.1) is 0 Å². The van der Waals surface area contributed by atoms with E-state index >= 15 is 0 Å². The Kier molecular flexibility index (Phi) is 8.93. The van der Waals surface area contributed by atoms with Gasteiger partial charge in [-0.15, -0.1) is 0 Å². The molecule has 1 aromatic carbocycles. The summed E-state index contributed by atoms with van der Waals surface area (Å²) in [6, 6.07) is 7.86. The lowest BCUT2D eigenvalue weighted by molar-refractivity contribution is -0.156. The molecule has 132 valence electrons. The van der Waals surface area contributed by atoms with Crippen LogP contribution in [0.2, 0.25) is 0 Å². The molecular formula is C17H24N2O4S. The Labute approximate surface area is 146 Å². The SMILES string of the molecule is CCNC(=O)[C@@H](C)OC(=O)[C@@H](CCSC)NC(=O)c1ccccc1. The second-order valence-corrected chi connectivity index (χ2v) is 6.13. The number of ether oxygens (including phenoxy) is 1. The Balaban J connectivity index is 2.71. The van der Waals surface area contributed by atoms with E-state index < -0.39 is 18.1 Å². The summed E-state index contributed by atoms with van der Waals surface area (Å²) < 4.78 is 5.19. The molecule has 0 fully saturated rings. The van der Waals surface area contributed by atoms with Crippen LogP contribution >= 0.6 is 11.8 Å². The van der Waals surface area contributed by atoms with Crippen molar-refractivity contribution in [1.82, 2.24) is 10.6 Å². The molecule has 1 rings (SSSR count). The number of hydrogen-bond acceptors (Lipinski definition) is 5. The number of esters is 1. The third-order valence-electron chi connectivity index (χ3n) is 3.25. The molecule has 0 spiro atoms. The van der Waals surface area contributed by atoms with Crippen LogP contribution in [0.15, 0.2) is 30.3 Å². The van der Waals surface area contributed by atoms with E-state index in [0.29, 0.717) is 24.3 Å². The molecule has 2 atom stereocenters. The summed E-state index contributed by atoms with van der Waals surface area (Å²) in [4.78, 5) is 36.2. The number of rotatable bonds is 9. The summed E-state index contributed by atoms with van der Waals surface area (Å²) in [6.07, 6.45) is 1.45. The molecule has 0 unspecified atom stereocenters. The molecular weight excluding hydrogens is 328 g/mol. The second-order valence-electron chi connectivity index (χ2n) is 5.15. The van der Waals surface area contributed by atoms with Crippen molar-refractivity contribution in [3.05, 3.63) is 35.9 Å². The van der Waals surface area contributed by atoms with Gasteiger partial charge in [0.25, 0.3) is 11.8 Å². The van der Waals surface area contributed by atoms with Crippen LogP contribution < -0.4 is 10.6 Å². The first-order valence-corrected chi connectivity index (χ1v) is 9.22. The van der Waals surface area contributed by atoms with Crippen molar-refractivity contribution >= 4 is 29.5 Å². The number of likely N-dealkylation sites (N-methyl/N-ethyl adjacent to an activating group) is 1. The van der Waals surface area contributed by atoms with E-state index in [1.54, 1.807) is 43.0 Å². The zero-order valence-corrected chi connectivity index (χ0v) is 15.0. The van der Waals surface area contributed by atoms with Gasteiger partial charge in [-0.3, -0.25) is 9.59 Å². The van der Waals surface area contributed by atoms with Crippen LogP contribution in [-0.4, -0.2) is 48.5 Å². The first-order valence-electron chi connectivity index (χ1n) is 7.82. The Morgan fingerprint density at radius 1 is 1.21 bits per heavy atom. The van der Waals surface area contributed by atoms with Gasteiger partial charge < -0.3 is 15.4 Å². The van der Waals surface area contributed by atoms with Gasteiger partial charge in [-0.2, -0.15) is 11.8 Å². The highest BCUT2D eigenvalue weighted by Gasteiger charge is 2.26. The minimum absolute atomic E-state index is 0.343. The molecule has 0 saturated heterocycles. The minimum Gasteiger partial charge on any atom is -0.451 e. The van der Waals surface area contributed by atoms with Gasteiger partial charge in [0.1, 0.15) is 6.04 Å². The number of thioether (sulfide) groups is 1. The van der Waals surface area contributed by atoms with Crippen molar-refractivity contribution in [1.29, 1.82) is 0 Å². The summed E-state index contributed by atoms with van der Waals surface area (Å²) in [5.41, 5.74) is 0.469.